The molecule has 0 spiro atoms. The zero-order chi connectivity index (χ0) is 24.5. The number of piperidine rings is 1. The molecule has 1 aliphatic heterocycles. The monoisotopic (exact) mass is 477 g/mol. The van der Waals surface area contributed by atoms with E-state index >= 15 is 0 Å². The minimum Gasteiger partial charge on any atom is -0.481 e. The number of rotatable bonds is 10. The molecular weight excluding hydrogens is 438 g/mol. The summed E-state index contributed by atoms with van der Waals surface area (Å²) in [4.78, 5) is 31.6. The number of benzene rings is 1. The van der Waals surface area contributed by atoms with Crippen molar-refractivity contribution in [2.45, 2.75) is 83.1 Å². The van der Waals surface area contributed by atoms with Crippen molar-refractivity contribution in [1.82, 2.24) is 10.3 Å². The summed E-state index contributed by atoms with van der Waals surface area (Å²) in [5.74, 6) is 0.272. The van der Waals surface area contributed by atoms with Crippen LogP contribution in [0.2, 0.25) is 0 Å². The minimum atomic E-state index is -0.737. The van der Waals surface area contributed by atoms with Gasteiger partial charge in [-0.15, -0.1) is 0 Å². The summed E-state index contributed by atoms with van der Waals surface area (Å²) in [6.07, 6.45) is 11.6. The average molecular weight is 478 g/mol. The number of anilines is 1. The maximum Gasteiger partial charge on any atom is 0.303 e. The quantitative estimate of drug-likeness (QED) is 0.448. The van der Waals surface area contributed by atoms with Gasteiger partial charge in [0.15, 0.2) is 0 Å². The second-order valence-electron chi connectivity index (χ2n) is 10.2. The molecular formula is C29H39N3O3. The number of hydrogen-bond donors (Lipinski definition) is 2. The number of unbranched alkanes of at least 4 members (excludes halogenated alkanes) is 1. The van der Waals surface area contributed by atoms with Crippen molar-refractivity contribution in [2.24, 2.45) is 5.92 Å². The molecule has 1 atom stereocenters. The summed E-state index contributed by atoms with van der Waals surface area (Å²) in [6, 6.07) is 14.7. The first kappa shape index (κ1) is 25.2. The normalized spacial score (nSPS) is 18.9. The summed E-state index contributed by atoms with van der Waals surface area (Å²) >= 11 is 0. The molecule has 1 unspecified atom stereocenters. The van der Waals surface area contributed by atoms with Gasteiger partial charge < -0.3 is 15.3 Å². The Morgan fingerprint density at radius 2 is 1.71 bits per heavy atom. The minimum absolute atomic E-state index is 0.00333. The molecule has 1 aliphatic carbocycles. The van der Waals surface area contributed by atoms with E-state index in [0.29, 0.717) is 12.1 Å². The smallest absolute Gasteiger partial charge is 0.303 e. The van der Waals surface area contributed by atoms with Crippen LogP contribution in [0, 0.1) is 5.92 Å². The fourth-order valence-electron chi connectivity index (χ4n) is 5.53. The van der Waals surface area contributed by atoms with Crippen LogP contribution in [0.25, 0.3) is 0 Å². The highest BCUT2D eigenvalue weighted by Gasteiger charge is 2.25. The van der Waals surface area contributed by atoms with Crippen LogP contribution in [-0.4, -0.2) is 41.1 Å². The maximum atomic E-state index is 13.2. The third-order valence-electron chi connectivity index (χ3n) is 7.42. The lowest BCUT2D eigenvalue weighted by molar-refractivity contribution is -0.138. The van der Waals surface area contributed by atoms with E-state index in [1.54, 1.807) is 0 Å². The molecule has 1 amide bonds. The van der Waals surface area contributed by atoms with Gasteiger partial charge >= 0.3 is 5.97 Å². The standard InChI is InChI=1S/C29H39N3O3/c33-28(34)20-23-13-9-19-32(21-23)27-18-17-25(29(35)30-24-14-5-2-6-15-24)26(31-27)16-8-7-12-22-10-3-1-4-11-22/h1,3-4,10-11,17-18,23-24H,2,5-9,12-16,19-21H2,(H,30,35)(H,33,34). The van der Waals surface area contributed by atoms with Gasteiger partial charge in [-0.3, -0.25) is 9.59 Å². The molecule has 2 N–H and O–H groups in total. The molecule has 6 nitrogen and oxygen atoms in total. The van der Waals surface area contributed by atoms with Crippen LogP contribution in [0.5, 0.6) is 0 Å². The van der Waals surface area contributed by atoms with Crippen LogP contribution < -0.4 is 10.2 Å². The topological polar surface area (TPSA) is 82.5 Å². The molecule has 1 saturated heterocycles. The van der Waals surface area contributed by atoms with E-state index < -0.39 is 5.97 Å². The summed E-state index contributed by atoms with van der Waals surface area (Å²) in [5, 5.41) is 12.5. The Hall–Kier alpha value is -2.89. The molecule has 2 fully saturated rings. The molecule has 1 aromatic heterocycles. The number of carbonyl (C=O) groups is 2. The van der Waals surface area contributed by atoms with Crippen molar-refractivity contribution in [3.63, 3.8) is 0 Å². The Morgan fingerprint density at radius 1 is 0.943 bits per heavy atom. The summed E-state index contributed by atoms with van der Waals surface area (Å²) in [5.41, 5.74) is 2.89. The third kappa shape index (κ3) is 7.55. The summed E-state index contributed by atoms with van der Waals surface area (Å²) in [7, 11) is 0. The lowest BCUT2D eigenvalue weighted by atomic mass is 9.94. The molecule has 0 radical (unpaired) electrons. The van der Waals surface area contributed by atoms with Crippen LogP contribution in [0.15, 0.2) is 42.5 Å². The number of nitrogens with one attached hydrogen (secondary N) is 1. The number of amides is 1. The second kappa shape index (κ2) is 12.7. The SMILES string of the molecule is O=C(O)CC1CCCN(c2ccc(C(=O)NC3CCCCC3)c(CCCCc3ccccc3)n2)C1. The lowest BCUT2D eigenvalue weighted by Crippen LogP contribution is -2.38. The van der Waals surface area contributed by atoms with Gasteiger partial charge in [0.05, 0.1) is 11.3 Å². The van der Waals surface area contributed by atoms with Crippen molar-refractivity contribution in [1.29, 1.82) is 0 Å². The van der Waals surface area contributed by atoms with Gasteiger partial charge in [-0.2, -0.15) is 0 Å². The first-order valence-electron chi connectivity index (χ1n) is 13.4. The van der Waals surface area contributed by atoms with E-state index in [4.69, 9.17) is 4.98 Å². The number of nitrogens with zero attached hydrogens (tertiary/aromatic N) is 2. The third-order valence-corrected chi connectivity index (χ3v) is 7.42. The first-order valence-corrected chi connectivity index (χ1v) is 13.4. The predicted octanol–water partition coefficient (Wildman–Crippen LogP) is 5.40. The number of aryl methyl sites for hydroxylation is 2. The van der Waals surface area contributed by atoms with Gasteiger partial charge in [-0.05, 0) is 75.0 Å². The van der Waals surface area contributed by atoms with E-state index in [9.17, 15) is 14.7 Å². The largest absolute Gasteiger partial charge is 0.481 e. The van der Waals surface area contributed by atoms with Gasteiger partial charge in [0.2, 0.25) is 0 Å². The van der Waals surface area contributed by atoms with Crippen molar-refractivity contribution in [3.05, 3.63) is 59.3 Å². The maximum absolute atomic E-state index is 13.2. The Labute approximate surface area is 209 Å². The zero-order valence-electron chi connectivity index (χ0n) is 20.8. The van der Waals surface area contributed by atoms with Crippen molar-refractivity contribution in [2.75, 3.05) is 18.0 Å². The Morgan fingerprint density at radius 3 is 2.49 bits per heavy atom. The van der Waals surface area contributed by atoms with Crippen molar-refractivity contribution < 1.29 is 14.7 Å². The van der Waals surface area contributed by atoms with E-state index in [0.717, 1.165) is 69.4 Å². The molecule has 1 saturated carbocycles. The van der Waals surface area contributed by atoms with Gasteiger partial charge in [0, 0.05) is 25.6 Å². The zero-order valence-corrected chi connectivity index (χ0v) is 20.8. The summed E-state index contributed by atoms with van der Waals surface area (Å²) < 4.78 is 0. The van der Waals surface area contributed by atoms with Crippen LogP contribution in [0.3, 0.4) is 0 Å². The molecule has 2 heterocycles. The van der Waals surface area contributed by atoms with Gasteiger partial charge in [-0.1, -0.05) is 49.6 Å². The van der Waals surface area contributed by atoms with E-state index in [-0.39, 0.29) is 24.3 Å². The Bertz CT molecular complexity index is 972. The van der Waals surface area contributed by atoms with Crippen LogP contribution in [0.4, 0.5) is 5.82 Å². The number of aliphatic carboxylic acids is 1. The van der Waals surface area contributed by atoms with Crippen LogP contribution in [-0.2, 0) is 17.6 Å². The lowest BCUT2D eigenvalue weighted by Gasteiger charge is -2.33. The first-order chi connectivity index (χ1) is 17.1. The molecule has 188 valence electrons. The van der Waals surface area contributed by atoms with Crippen LogP contribution in [0.1, 0.15) is 85.8 Å². The number of aromatic nitrogens is 1. The highest BCUT2D eigenvalue weighted by atomic mass is 16.4. The van der Waals surface area contributed by atoms with E-state index in [1.807, 2.05) is 18.2 Å². The van der Waals surface area contributed by atoms with Gasteiger partial charge in [0.25, 0.3) is 5.91 Å². The molecule has 4 rings (SSSR count). The summed E-state index contributed by atoms with van der Waals surface area (Å²) in [6.45, 7) is 1.59. The van der Waals surface area contributed by atoms with E-state index in [1.165, 1.54) is 24.8 Å². The Kier molecular flexibility index (Phi) is 9.15. The number of carboxylic acid groups (broad SMARTS) is 1. The number of pyridine rings is 1. The van der Waals surface area contributed by atoms with Gasteiger partial charge in [0.1, 0.15) is 5.82 Å². The molecule has 6 heteroatoms. The highest BCUT2D eigenvalue weighted by molar-refractivity contribution is 5.95. The fraction of sp³-hybridized carbons (Fsp3) is 0.552. The molecule has 35 heavy (non-hydrogen) atoms. The number of hydrogen-bond acceptors (Lipinski definition) is 4. The van der Waals surface area contributed by atoms with E-state index in [2.05, 4.69) is 34.5 Å². The van der Waals surface area contributed by atoms with Crippen molar-refractivity contribution >= 4 is 17.7 Å². The average Bonchev–Trinajstić information content (AvgIpc) is 2.87. The highest BCUT2D eigenvalue weighted by Crippen LogP contribution is 2.26. The second-order valence-corrected chi connectivity index (χ2v) is 10.2. The predicted molar refractivity (Wildman–Crippen MR) is 139 cm³/mol. The van der Waals surface area contributed by atoms with Crippen LogP contribution >= 0.6 is 0 Å². The molecule has 2 aliphatic rings. The number of carboxylic acids is 1. The molecule has 0 bridgehead atoms. The fourth-order valence-corrected chi connectivity index (χ4v) is 5.53. The number of carbonyl (C=O) groups excluding carboxylic acids is 1. The molecule has 2 aromatic rings. The molecule has 1 aromatic carbocycles. The van der Waals surface area contributed by atoms with Gasteiger partial charge in [-0.25, -0.2) is 4.98 Å². The van der Waals surface area contributed by atoms with Crippen molar-refractivity contribution in [3.8, 4) is 0 Å². The Balaban J connectivity index is 1.46.